The predicted molar refractivity (Wildman–Crippen MR) is 97.5 cm³/mol. The number of hydrazine groups is 1. The highest BCUT2D eigenvalue weighted by Gasteiger charge is 2.35. The molecule has 0 saturated heterocycles. The third kappa shape index (κ3) is 3.99. The van der Waals surface area contributed by atoms with Gasteiger partial charge >= 0.3 is 0 Å². The van der Waals surface area contributed by atoms with Gasteiger partial charge < -0.3 is 4.74 Å². The number of nitrogens with zero attached hydrogens (tertiary/aromatic N) is 2. The number of hydrogen-bond acceptors (Lipinski definition) is 3. The lowest BCUT2D eigenvalue weighted by molar-refractivity contribution is -0.0309. The number of methoxy groups -OCH3 is 1. The third-order valence-corrected chi connectivity index (χ3v) is 3.78. The molecular formula is C20H24N2O3. The van der Waals surface area contributed by atoms with E-state index in [4.69, 9.17) is 4.74 Å². The summed E-state index contributed by atoms with van der Waals surface area (Å²) >= 11 is 0. The Kier molecular flexibility index (Phi) is 5.47. The molecule has 0 fully saturated rings. The van der Waals surface area contributed by atoms with E-state index in [-0.39, 0.29) is 11.8 Å². The van der Waals surface area contributed by atoms with Crippen molar-refractivity contribution in [3.8, 4) is 5.75 Å². The largest absolute Gasteiger partial charge is 0.496 e. The monoisotopic (exact) mass is 340 g/mol. The zero-order chi connectivity index (χ0) is 18.6. The van der Waals surface area contributed by atoms with Gasteiger partial charge in [0, 0.05) is 12.6 Å². The fraction of sp³-hybridized carbons (Fsp3) is 0.300. The van der Waals surface area contributed by atoms with E-state index >= 15 is 0 Å². The molecule has 0 heterocycles. The van der Waals surface area contributed by atoms with Gasteiger partial charge in [0.1, 0.15) is 5.75 Å². The number of carbonyl (C=O) groups is 2. The van der Waals surface area contributed by atoms with Crippen LogP contribution in [0.2, 0.25) is 0 Å². The maximum Gasteiger partial charge on any atom is 0.276 e. The summed E-state index contributed by atoms with van der Waals surface area (Å²) in [4.78, 5) is 26.0. The topological polar surface area (TPSA) is 49.9 Å². The van der Waals surface area contributed by atoms with Gasteiger partial charge in [-0.05, 0) is 45.0 Å². The third-order valence-electron chi connectivity index (χ3n) is 3.78. The molecule has 0 aliphatic heterocycles. The van der Waals surface area contributed by atoms with Gasteiger partial charge in [0.25, 0.3) is 11.8 Å². The van der Waals surface area contributed by atoms with E-state index in [1.165, 1.54) is 17.1 Å². The Labute approximate surface area is 148 Å². The van der Waals surface area contributed by atoms with Gasteiger partial charge in [-0.3, -0.25) is 9.59 Å². The smallest absolute Gasteiger partial charge is 0.276 e. The number of amides is 2. The molecule has 0 N–H and O–H groups in total. The van der Waals surface area contributed by atoms with E-state index in [0.29, 0.717) is 16.9 Å². The zero-order valence-electron chi connectivity index (χ0n) is 15.3. The van der Waals surface area contributed by atoms with Crippen molar-refractivity contribution >= 4 is 11.8 Å². The predicted octanol–water partition coefficient (Wildman–Crippen LogP) is 3.62. The minimum Gasteiger partial charge on any atom is -0.496 e. The van der Waals surface area contributed by atoms with Crippen LogP contribution in [0.4, 0.5) is 0 Å². The summed E-state index contributed by atoms with van der Waals surface area (Å²) in [7, 11) is 3.13. The second kappa shape index (κ2) is 7.38. The van der Waals surface area contributed by atoms with Crippen molar-refractivity contribution in [3.63, 3.8) is 0 Å². The quantitative estimate of drug-likeness (QED) is 0.802. The molecule has 0 saturated carbocycles. The summed E-state index contributed by atoms with van der Waals surface area (Å²) < 4.78 is 5.30. The molecular weight excluding hydrogens is 316 g/mol. The summed E-state index contributed by atoms with van der Waals surface area (Å²) in [5.41, 5.74) is 0.330. The summed E-state index contributed by atoms with van der Waals surface area (Å²) in [5, 5.41) is 2.82. The lowest BCUT2D eigenvalue weighted by Crippen LogP contribution is -2.56. The molecule has 0 unspecified atom stereocenters. The lowest BCUT2D eigenvalue weighted by Gasteiger charge is -2.41. The molecule has 2 aromatic rings. The minimum absolute atomic E-state index is 0.251. The van der Waals surface area contributed by atoms with Crippen LogP contribution < -0.4 is 4.74 Å². The zero-order valence-corrected chi connectivity index (χ0v) is 15.3. The molecule has 2 rings (SSSR count). The van der Waals surface area contributed by atoms with Crippen LogP contribution in [0.15, 0.2) is 54.6 Å². The highest BCUT2D eigenvalue weighted by molar-refractivity contribution is 6.00. The first kappa shape index (κ1) is 18.5. The Morgan fingerprint density at radius 1 is 0.880 bits per heavy atom. The van der Waals surface area contributed by atoms with Crippen molar-refractivity contribution in [2.24, 2.45) is 0 Å². The lowest BCUT2D eigenvalue weighted by atomic mass is 10.1. The molecule has 5 heteroatoms. The Morgan fingerprint density at radius 2 is 1.44 bits per heavy atom. The molecule has 2 amide bonds. The first-order valence-electron chi connectivity index (χ1n) is 8.08. The van der Waals surface area contributed by atoms with E-state index in [2.05, 4.69) is 0 Å². The minimum atomic E-state index is -0.600. The van der Waals surface area contributed by atoms with Gasteiger partial charge in [0.2, 0.25) is 0 Å². The number of carbonyl (C=O) groups excluding carboxylic acids is 2. The molecule has 0 bridgehead atoms. The molecule has 0 aromatic heterocycles. The number of para-hydroxylation sites is 1. The fourth-order valence-corrected chi connectivity index (χ4v) is 2.68. The Morgan fingerprint density at radius 3 is 2.00 bits per heavy atom. The molecule has 0 atom stereocenters. The molecule has 25 heavy (non-hydrogen) atoms. The van der Waals surface area contributed by atoms with E-state index in [1.807, 2.05) is 26.8 Å². The van der Waals surface area contributed by atoms with Crippen LogP contribution in [0.25, 0.3) is 0 Å². The maximum absolute atomic E-state index is 13.2. The van der Waals surface area contributed by atoms with Gasteiger partial charge in [0.05, 0.1) is 18.2 Å². The SMILES string of the molecule is COc1ccccc1C(=O)N(N(C)C(=O)c1ccccc1)C(C)(C)C. The Balaban J connectivity index is 2.43. The highest BCUT2D eigenvalue weighted by atomic mass is 16.5. The van der Waals surface area contributed by atoms with E-state index in [1.54, 1.807) is 55.6 Å². The number of ether oxygens (including phenoxy) is 1. The second-order valence-corrected chi connectivity index (χ2v) is 6.68. The van der Waals surface area contributed by atoms with Crippen molar-refractivity contribution < 1.29 is 14.3 Å². The number of benzene rings is 2. The van der Waals surface area contributed by atoms with Crippen molar-refractivity contribution in [2.45, 2.75) is 26.3 Å². The molecule has 132 valence electrons. The van der Waals surface area contributed by atoms with Crippen LogP contribution in [-0.2, 0) is 0 Å². The van der Waals surface area contributed by atoms with Crippen molar-refractivity contribution in [1.82, 2.24) is 10.0 Å². The second-order valence-electron chi connectivity index (χ2n) is 6.68. The summed E-state index contributed by atoms with van der Waals surface area (Å²) in [6.45, 7) is 5.65. The van der Waals surface area contributed by atoms with E-state index < -0.39 is 5.54 Å². The maximum atomic E-state index is 13.2. The fourth-order valence-electron chi connectivity index (χ4n) is 2.68. The molecule has 0 radical (unpaired) electrons. The van der Waals surface area contributed by atoms with Crippen molar-refractivity contribution in [2.75, 3.05) is 14.2 Å². The van der Waals surface area contributed by atoms with Gasteiger partial charge in [0.15, 0.2) is 0 Å². The summed E-state index contributed by atoms with van der Waals surface area (Å²) in [6, 6.07) is 15.9. The van der Waals surface area contributed by atoms with Crippen LogP contribution in [0, 0.1) is 0 Å². The van der Waals surface area contributed by atoms with Gasteiger partial charge in [-0.15, -0.1) is 0 Å². The van der Waals surface area contributed by atoms with Crippen LogP contribution in [-0.4, -0.2) is 41.5 Å². The average Bonchev–Trinajstić information content (AvgIpc) is 2.60. The van der Waals surface area contributed by atoms with Crippen molar-refractivity contribution in [1.29, 1.82) is 0 Å². The molecule has 2 aromatic carbocycles. The Hall–Kier alpha value is -2.82. The normalized spacial score (nSPS) is 10.9. The van der Waals surface area contributed by atoms with Crippen molar-refractivity contribution in [3.05, 3.63) is 65.7 Å². The summed E-state index contributed by atoms with van der Waals surface area (Å²) in [5.74, 6) is -0.0715. The van der Waals surface area contributed by atoms with Crippen LogP contribution in [0.1, 0.15) is 41.5 Å². The standard InChI is InChI=1S/C20H24N2O3/c1-20(2,3)22(19(24)16-13-9-10-14-17(16)25-5)21(4)18(23)15-11-7-6-8-12-15/h6-14H,1-5H3. The van der Waals surface area contributed by atoms with Gasteiger partial charge in [-0.1, -0.05) is 30.3 Å². The Bertz CT molecular complexity index is 751. The van der Waals surface area contributed by atoms with Gasteiger partial charge in [-0.2, -0.15) is 0 Å². The first-order chi connectivity index (χ1) is 11.8. The first-order valence-corrected chi connectivity index (χ1v) is 8.08. The molecule has 5 nitrogen and oxygen atoms in total. The number of rotatable bonds is 3. The summed E-state index contributed by atoms with van der Waals surface area (Å²) in [6.07, 6.45) is 0. The van der Waals surface area contributed by atoms with Crippen LogP contribution in [0.3, 0.4) is 0 Å². The molecule has 0 aliphatic rings. The highest BCUT2D eigenvalue weighted by Crippen LogP contribution is 2.25. The van der Waals surface area contributed by atoms with E-state index in [9.17, 15) is 9.59 Å². The van der Waals surface area contributed by atoms with Crippen LogP contribution >= 0.6 is 0 Å². The van der Waals surface area contributed by atoms with Crippen LogP contribution in [0.5, 0.6) is 5.75 Å². The molecule has 0 spiro atoms. The average molecular weight is 340 g/mol. The van der Waals surface area contributed by atoms with Gasteiger partial charge in [-0.25, -0.2) is 10.0 Å². The molecule has 0 aliphatic carbocycles. The number of hydrogen-bond donors (Lipinski definition) is 0. The van der Waals surface area contributed by atoms with E-state index in [0.717, 1.165) is 0 Å².